The summed E-state index contributed by atoms with van der Waals surface area (Å²) >= 11 is 0. The van der Waals surface area contributed by atoms with Gasteiger partial charge in [0.1, 0.15) is 34.3 Å². The average molecular weight is 417 g/mol. The van der Waals surface area contributed by atoms with Gasteiger partial charge in [0.2, 0.25) is 0 Å². The monoisotopic (exact) mass is 417 g/mol. The Hall–Kier alpha value is -2.44. The molecule has 30 heavy (non-hydrogen) atoms. The van der Waals surface area contributed by atoms with Crippen molar-refractivity contribution in [3.8, 4) is 28.7 Å². The molecule has 3 aromatic carbocycles. The second kappa shape index (κ2) is 11.1. The van der Waals surface area contributed by atoms with Crippen LogP contribution in [0.25, 0.3) is 0 Å². The molecule has 0 amide bonds. The van der Waals surface area contributed by atoms with Crippen LogP contribution >= 0.6 is 8.58 Å². The first-order chi connectivity index (χ1) is 14.0. The number of carbonyl (C=O) groups excluding carboxylic acids is 1. The van der Waals surface area contributed by atoms with E-state index in [2.05, 4.69) is 0 Å². The number of aryl methyl sites for hydroxylation is 1. The quantitative estimate of drug-likeness (QED) is 0.397. The van der Waals surface area contributed by atoms with Gasteiger partial charge in [-0.2, -0.15) is 0 Å². The SMILES string of the molecule is COc1cc(OC)c(C(=O)Pc2ccc(Oc3ccccc3)cc2C)c(OC)c1.[Li]. The maximum absolute atomic E-state index is 13.1. The van der Waals surface area contributed by atoms with E-state index in [9.17, 15) is 4.79 Å². The molecule has 3 aromatic rings. The van der Waals surface area contributed by atoms with Gasteiger partial charge in [-0.05, 0) is 50.6 Å². The summed E-state index contributed by atoms with van der Waals surface area (Å²) < 4.78 is 21.9. The first kappa shape index (κ1) is 23.8. The molecule has 0 spiro atoms. The van der Waals surface area contributed by atoms with Gasteiger partial charge in [0, 0.05) is 31.0 Å². The molecule has 1 radical (unpaired) electrons. The van der Waals surface area contributed by atoms with Crippen LogP contribution in [0.2, 0.25) is 0 Å². The molecule has 0 aliphatic rings. The number of rotatable bonds is 8. The Balaban J connectivity index is 0.00000320. The third-order valence-electron chi connectivity index (χ3n) is 4.37. The second-order valence-corrected chi connectivity index (χ2v) is 7.50. The van der Waals surface area contributed by atoms with E-state index in [-0.39, 0.29) is 33.0 Å². The third-order valence-corrected chi connectivity index (χ3v) is 5.67. The minimum absolute atomic E-state index is 0. The summed E-state index contributed by atoms with van der Waals surface area (Å²) in [7, 11) is 4.52. The van der Waals surface area contributed by atoms with Crippen molar-refractivity contribution in [1.29, 1.82) is 0 Å². The number of hydrogen-bond acceptors (Lipinski definition) is 5. The van der Waals surface area contributed by atoms with E-state index in [1.165, 1.54) is 14.2 Å². The van der Waals surface area contributed by atoms with Gasteiger partial charge in [0.15, 0.2) is 5.52 Å². The predicted molar refractivity (Wildman–Crippen MR) is 122 cm³/mol. The molecule has 151 valence electrons. The molecular weight excluding hydrogens is 394 g/mol. The van der Waals surface area contributed by atoms with Crippen molar-refractivity contribution in [2.24, 2.45) is 0 Å². The molecule has 0 heterocycles. The van der Waals surface area contributed by atoms with Crippen LogP contribution in [0.3, 0.4) is 0 Å². The van der Waals surface area contributed by atoms with Crippen LogP contribution in [0.15, 0.2) is 60.7 Å². The first-order valence-corrected chi connectivity index (χ1v) is 10.0. The van der Waals surface area contributed by atoms with E-state index < -0.39 is 0 Å². The standard InChI is InChI=1S/C23H23O5P.Li/c1-15-12-17(28-16-8-6-5-7-9-16)10-11-21(15)29-23(24)22-19(26-3)13-18(25-2)14-20(22)27-4;/h5-14,29H,1-4H3;. The Kier molecular flexibility index (Phi) is 8.81. The van der Waals surface area contributed by atoms with E-state index >= 15 is 0 Å². The fraction of sp³-hybridized carbons (Fsp3) is 0.174. The summed E-state index contributed by atoms with van der Waals surface area (Å²) in [6, 6.07) is 18.7. The molecule has 7 heteroatoms. The zero-order chi connectivity index (χ0) is 20.8. The average Bonchev–Trinajstić information content (AvgIpc) is 2.75. The van der Waals surface area contributed by atoms with Crippen molar-refractivity contribution < 1.29 is 23.7 Å². The van der Waals surface area contributed by atoms with Gasteiger partial charge in [-0.1, -0.05) is 24.3 Å². The third kappa shape index (κ3) is 5.58. The van der Waals surface area contributed by atoms with Gasteiger partial charge < -0.3 is 18.9 Å². The Morgan fingerprint density at radius 3 is 1.93 bits per heavy atom. The van der Waals surface area contributed by atoms with Gasteiger partial charge in [0.05, 0.1) is 21.3 Å². The van der Waals surface area contributed by atoms with Crippen molar-refractivity contribution >= 4 is 38.3 Å². The van der Waals surface area contributed by atoms with Crippen LogP contribution in [0.4, 0.5) is 0 Å². The molecule has 0 aliphatic carbocycles. The Morgan fingerprint density at radius 1 is 0.767 bits per heavy atom. The van der Waals surface area contributed by atoms with E-state index in [1.54, 1.807) is 19.2 Å². The zero-order valence-corrected chi connectivity index (χ0v) is 18.8. The fourth-order valence-corrected chi connectivity index (χ4v) is 3.93. The first-order valence-electron chi connectivity index (χ1n) is 9.00. The molecule has 3 rings (SSSR count). The Bertz CT molecular complexity index is 983. The van der Waals surface area contributed by atoms with Gasteiger partial charge in [-0.25, -0.2) is 0 Å². The topological polar surface area (TPSA) is 54.0 Å². The molecule has 0 aliphatic heterocycles. The van der Waals surface area contributed by atoms with Crippen molar-refractivity contribution in [3.63, 3.8) is 0 Å². The van der Waals surface area contributed by atoms with Crippen molar-refractivity contribution in [3.05, 3.63) is 71.8 Å². The van der Waals surface area contributed by atoms with Crippen LogP contribution in [-0.4, -0.2) is 45.7 Å². The van der Waals surface area contributed by atoms with Crippen molar-refractivity contribution in [2.75, 3.05) is 21.3 Å². The molecule has 0 saturated carbocycles. The summed E-state index contributed by atoms with van der Waals surface area (Å²) in [5, 5.41) is 0.940. The summed E-state index contributed by atoms with van der Waals surface area (Å²) in [5.74, 6) is 2.93. The second-order valence-electron chi connectivity index (χ2n) is 6.25. The summed E-state index contributed by atoms with van der Waals surface area (Å²) in [6.45, 7) is 1.97. The molecule has 1 atom stereocenters. The smallest absolute Gasteiger partial charge is 0.193 e. The van der Waals surface area contributed by atoms with Gasteiger partial charge >= 0.3 is 0 Å². The number of hydrogen-bond donors (Lipinski definition) is 0. The largest absolute Gasteiger partial charge is 0.496 e. The zero-order valence-electron chi connectivity index (χ0n) is 17.8. The van der Waals surface area contributed by atoms with Crippen molar-refractivity contribution in [1.82, 2.24) is 0 Å². The molecule has 0 bridgehead atoms. The number of ether oxygens (including phenoxy) is 4. The molecule has 0 saturated heterocycles. The van der Waals surface area contributed by atoms with Crippen LogP contribution in [0.5, 0.6) is 28.7 Å². The van der Waals surface area contributed by atoms with E-state index in [0.29, 0.717) is 22.8 Å². The number of para-hydroxylation sites is 1. The predicted octanol–water partition coefficient (Wildman–Crippen LogP) is 4.58. The van der Waals surface area contributed by atoms with Crippen LogP contribution < -0.4 is 24.3 Å². The van der Waals surface area contributed by atoms with E-state index in [1.807, 2.05) is 55.5 Å². The Labute approximate surface area is 190 Å². The maximum atomic E-state index is 13.1. The molecule has 1 unspecified atom stereocenters. The molecule has 0 N–H and O–H groups in total. The molecule has 0 aromatic heterocycles. The minimum atomic E-state index is -0.0802. The van der Waals surface area contributed by atoms with Crippen LogP contribution in [0, 0.1) is 6.92 Å². The van der Waals surface area contributed by atoms with E-state index in [0.717, 1.165) is 22.4 Å². The van der Waals surface area contributed by atoms with E-state index in [4.69, 9.17) is 18.9 Å². The molecular formula is C23H23LiO5P. The van der Waals surface area contributed by atoms with Crippen molar-refractivity contribution in [2.45, 2.75) is 6.92 Å². The molecule has 5 nitrogen and oxygen atoms in total. The van der Waals surface area contributed by atoms with Gasteiger partial charge in [-0.15, -0.1) is 0 Å². The van der Waals surface area contributed by atoms with Crippen LogP contribution in [-0.2, 0) is 0 Å². The maximum Gasteiger partial charge on any atom is 0.193 e. The molecule has 0 fully saturated rings. The summed E-state index contributed by atoms with van der Waals surface area (Å²) in [4.78, 5) is 13.1. The number of methoxy groups -OCH3 is 3. The summed E-state index contributed by atoms with van der Waals surface area (Å²) in [5.41, 5.74) is 1.33. The summed E-state index contributed by atoms with van der Waals surface area (Å²) in [6.07, 6.45) is 0. The normalized spacial score (nSPS) is 10.4. The number of carbonyl (C=O) groups is 1. The van der Waals surface area contributed by atoms with Crippen LogP contribution in [0.1, 0.15) is 15.9 Å². The van der Waals surface area contributed by atoms with Gasteiger partial charge in [0.25, 0.3) is 0 Å². The van der Waals surface area contributed by atoms with Gasteiger partial charge in [-0.3, -0.25) is 4.79 Å². The fourth-order valence-electron chi connectivity index (χ4n) is 2.88. The number of benzene rings is 3. The minimum Gasteiger partial charge on any atom is -0.496 e. The Morgan fingerprint density at radius 2 is 1.40 bits per heavy atom.